The molecule has 0 unspecified atom stereocenters. The average molecular weight is 492 g/mol. The van der Waals surface area contributed by atoms with Crippen LogP contribution in [0.3, 0.4) is 0 Å². The SMILES string of the molecule is Cc1[nH]c2ccccc2c1CCNC(=O)C(=Cc1ccco1)NC(=O)c1ccc(Br)cc1. The molecule has 0 radical (unpaired) electrons. The van der Waals surface area contributed by atoms with Gasteiger partial charge in [0.1, 0.15) is 11.5 Å². The summed E-state index contributed by atoms with van der Waals surface area (Å²) >= 11 is 3.35. The van der Waals surface area contributed by atoms with Gasteiger partial charge in [-0.15, -0.1) is 0 Å². The lowest BCUT2D eigenvalue weighted by Gasteiger charge is -2.11. The second-order valence-electron chi connectivity index (χ2n) is 7.31. The molecular weight excluding hydrogens is 470 g/mol. The first-order valence-corrected chi connectivity index (χ1v) is 11.0. The summed E-state index contributed by atoms with van der Waals surface area (Å²) in [4.78, 5) is 29.0. The van der Waals surface area contributed by atoms with Gasteiger partial charge in [0.25, 0.3) is 11.8 Å². The van der Waals surface area contributed by atoms with Crippen molar-refractivity contribution < 1.29 is 14.0 Å². The lowest BCUT2D eigenvalue weighted by molar-refractivity contribution is -0.117. The van der Waals surface area contributed by atoms with Crippen molar-refractivity contribution in [3.05, 3.63) is 99.7 Å². The zero-order valence-electron chi connectivity index (χ0n) is 17.4. The molecule has 162 valence electrons. The Morgan fingerprint density at radius 1 is 1.06 bits per heavy atom. The molecule has 32 heavy (non-hydrogen) atoms. The lowest BCUT2D eigenvalue weighted by Crippen LogP contribution is -2.35. The molecule has 2 aromatic heterocycles. The molecule has 0 bridgehead atoms. The molecule has 0 aliphatic rings. The third-order valence-electron chi connectivity index (χ3n) is 5.12. The van der Waals surface area contributed by atoms with Gasteiger partial charge in [-0.05, 0) is 61.4 Å². The molecule has 2 heterocycles. The Morgan fingerprint density at radius 3 is 2.59 bits per heavy atom. The van der Waals surface area contributed by atoms with Crippen LogP contribution in [0.25, 0.3) is 17.0 Å². The molecule has 0 aliphatic carbocycles. The van der Waals surface area contributed by atoms with Gasteiger partial charge in [0.2, 0.25) is 0 Å². The third-order valence-corrected chi connectivity index (χ3v) is 5.65. The van der Waals surface area contributed by atoms with Crippen LogP contribution in [0.15, 0.2) is 81.5 Å². The number of para-hydroxylation sites is 1. The molecular formula is C25H22BrN3O3. The van der Waals surface area contributed by atoms with Crippen molar-refractivity contribution >= 4 is 44.7 Å². The van der Waals surface area contributed by atoms with E-state index in [-0.39, 0.29) is 17.5 Å². The van der Waals surface area contributed by atoms with Crippen molar-refractivity contribution in [2.24, 2.45) is 0 Å². The van der Waals surface area contributed by atoms with Gasteiger partial charge in [0.15, 0.2) is 0 Å². The standard InChI is InChI=1S/C25H22BrN3O3/c1-16-20(21-6-2-3-7-22(21)28-16)12-13-27-25(31)23(15-19-5-4-14-32-19)29-24(30)17-8-10-18(26)11-9-17/h2-11,14-15,28H,12-13H2,1H3,(H,27,31)(H,29,30). The van der Waals surface area contributed by atoms with E-state index in [0.717, 1.165) is 26.6 Å². The monoisotopic (exact) mass is 491 g/mol. The Morgan fingerprint density at radius 2 is 1.84 bits per heavy atom. The summed E-state index contributed by atoms with van der Waals surface area (Å²) in [7, 11) is 0. The number of hydrogen-bond donors (Lipinski definition) is 3. The summed E-state index contributed by atoms with van der Waals surface area (Å²) in [6.07, 6.45) is 3.69. The molecule has 0 saturated heterocycles. The number of carbonyl (C=O) groups excluding carboxylic acids is 2. The second-order valence-corrected chi connectivity index (χ2v) is 8.23. The minimum atomic E-state index is -0.385. The molecule has 0 atom stereocenters. The van der Waals surface area contributed by atoms with Gasteiger partial charge >= 0.3 is 0 Å². The normalized spacial score (nSPS) is 11.5. The fraction of sp³-hybridized carbons (Fsp3) is 0.120. The van der Waals surface area contributed by atoms with E-state index in [1.54, 1.807) is 36.4 Å². The Balaban J connectivity index is 1.47. The highest BCUT2D eigenvalue weighted by molar-refractivity contribution is 9.10. The Kier molecular flexibility index (Phi) is 6.56. The molecule has 4 aromatic rings. The molecule has 4 rings (SSSR count). The molecule has 3 N–H and O–H groups in total. The lowest BCUT2D eigenvalue weighted by atomic mass is 10.1. The zero-order chi connectivity index (χ0) is 22.5. The van der Waals surface area contributed by atoms with E-state index >= 15 is 0 Å². The minimum absolute atomic E-state index is 0.114. The van der Waals surface area contributed by atoms with Crippen LogP contribution in [0.4, 0.5) is 0 Å². The second kappa shape index (κ2) is 9.70. The number of aromatic nitrogens is 1. The molecule has 0 fully saturated rings. The number of nitrogens with one attached hydrogen (secondary N) is 3. The maximum Gasteiger partial charge on any atom is 0.267 e. The predicted molar refractivity (Wildman–Crippen MR) is 128 cm³/mol. The van der Waals surface area contributed by atoms with Gasteiger partial charge in [-0.3, -0.25) is 9.59 Å². The first-order valence-electron chi connectivity index (χ1n) is 10.2. The topological polar surface area (TPSA) is 87.1 Å². The highest BCUT2D eigenvalue weighted by atomic mass is 79.9. The van der Waals surface area contributed by atoms with E-state index in [4.69, 9.17) is 4.42 Å². The maximum atomic E-state index is 12.9. The number of furan rings is 1. The van der Waals surface area contributed by atoms with E-state index < -0.39 is 0 Å². The van der Waals surface area contributed by atoms with Crippen molar-refractivity contribution in [3.8, 4) is 0 Å². The van der Waals surface area contributed by atoms with Crippen LogP contribution in [0.2, 0.25) is 0 Å². The number of rotatable bonds is 7. The molecule has 6 nitrogen and oxygen atoms in total. The molecule has 0 spiro atoms. The Hall–Kier alpha value is -3.58. The van der Waals surface area contributed by atoms with Crippen LogP contribution in [-0.4, -0.2) is 23.3 Å². The summed E-state index contributed by atoms with van der Waals surface area (Å²) in [5.41, 5.74) is 3.88. The molecule has 2 amide bonds. The fourth-order valence-corrected chi connectivity index (χ4v) is 3.79. The molecule has 7 heteroatoms. The van der Waals surface area contributed by atoms with E-state index in [2.05, 4.69) is 37.6 Å². The Labute approximate surface area is 193 Å². The number of halogens is 1. The average Bonchev–Trinajstić information content (AvgIpc) is 3.41. The van der Waals surface area contributed by atoms with E-state index in [9.17, 15) is 9.59 Å². The van der Waals surface area contributed by atoms with Crippen molar-refractivity contribution in [2.45, 2.75) is 13.3 Å². The molecule has 2 aromatic carbocycles. The number of H-pyrrole nitrogens is 1. The third kappa shape index (κ3) is 5.00. The summed E-state index contributed by atoms with van der Waals surface area (Å²) < 4.78 is 6.19. The van der Waals surface area contributed by atoms with Crippen LogP contribution in [0, 0.1) is 6.92 Å². The number of fused-ring (bicyclic) bond motifs is 1. The highest BCUT2D eigenvalue weighted by Gasteiger charge is 2.16. The maximum absolute atomic E-state index is 12.9. The minimum Gasteiger partial charge on any atom is -0.465 e. The Bertz CT molecular complexity index is 1270. The van der Waals surface area contributed by atoms with Crippen molar-refractivity contribution in [1.82, 2.24) is 15.6 Å². The van der Waals surface area contributed by atoms with E-state index in [0.29, 0.717) is 24.3 Å². The quantitative estimate of drug-likeness (QED) is 0.319. The fourth-order valence-electron chi connectivity index (χ4n) is 3.52. The van der Waals surface area contributed by atoms with Gasteiger partial charge in [0.05, 0.1) is 6.26 Å². The summed E-state index contributed by atoms with van der Waals surface area (Å²) in [5.74, 6) is -0.291. The molecule has 0 aliphatic heterocycles. The summed E-state index contributed by atoms with van der Waals surface area (Å²) in [5, 5.41) is 6.76. The van der Waals surface area contributed by atoms with Crippen LogP contribution in [0.5, 0.6) is 0 Å². The molecule has 0 saturated carbocycles. The summed E-state index contributed by atoms with van der Waals surface area (Å²) in [6.45, 7) is 2.45. The van der Waals surface area contributed by atoms with Crippen LogP contribution in [-0.2, 0) is 11.2 Å². The highest BCUT2D eigenvalue weighted by Crippen LogP contribution is 2.22. The number of carbonyl (C=O) groups is 2. The smallest absolute Gasteiger partial charge is 0.267 e. The zero-order valence-corrected chi connectivity index (χ0v) is 19.0. The van der Waals surface area contributed by atoms with Gasteiger partial charge in [0, 0.05) is 39.3 Å². The summed E-state index contributed by atoms with van der Waals surface area (Å²) in [6, 6.07) is 18.4. The number of aromatic amines is 1. The van der Waals surface area contributed by atoms with Gasteiger partial charge in [-0.2, -0.15) is 0 Å². The van der Waals surface area contributed by atoms with E-state index in [1.807, 2.05) is 25.1 Å². The number of aryl methyl sites for hydroxylation is 1. The van der Waals surface area contributed by atoms with E-state index in [1.165, 1.54) is 12.3 Å². The number of benzene rings is 2. The van der Waals surface area contributed by atoms with Crippen molar-refractivity contribution in [1.29, 1.82) is 0 Å². The van der Waals surface area contributed by atoms with Gasteiger partial charge in [-0.1, -0.05) is 34.1 Å². The largest absolute Gasteiger partial charge is 0.465 e. The van der Waals surface area contributed by atoms with Crippen LogP contribution < -0.4 is 10.6 Å². The number of amides is 2. The van der Waals surface area contributed by atoms with Gasteiger partial charge in [-0.25, -0.2) is 0 Å². The first kappa shape index (κ1) is 21.6. The van der Waals surface area contributed by atoms with Gasteiger partial charge < -0.3 is 20.0 Å². The first-order chi connectivity index (χ1) is 15.5. The van der Waals surface area contributed by atoms with Crippen molar-refractivity contribution in [3.63, 3.8) is 0 Å². The number of hydrogen-bond acceptors (Lipinski definition) is 3. The predicted octanol–water partition coefficient (Wildman–Crippen LogP) is 4.96. The van der Waals surface area contributed by atoms with Crippen LogP contribution in [0.1, 0.15) is 27.4 Å². The van der Waals surface area contributed by atoms with Crippen LogP contribution >= 0.6 is 15.9 Å². The van der Waals surface area contributed by atoms with Crippen molar-refractivity contribution in [2.75, 3.05) is 6.54 Å².